The fraction of sp³-hybridized carbons (Fsp3) is 0.200. The van der Waals surface area contributed by atoms with Crippen LogP contribution in [0.15, 0.2) is 41.0 Å². The molecule has 0 amide bonds. The van der Waals surface area contributed by atoms with E-state index >= 15 is 0 Å². The number of benzene rings is 2. The molecule has 108 valence electrons. The molecule has 0 atom stereocenters. The Balaban J connectivity index is 1.85. The Morgan fingerprint density at radius 2 is 1.76 bits per heavy atom. The van der Waals surface area contributed by atoms with Crippen molar-refractivity contribution in [1.82, 2.24) is 10.3 Å². The maximum Gasteiger partial charge on any atom is 0.160 e. The van der Waals surface area contributed by atoms with Crippen LogP contribution in [0.5, 0.6) is 5.75 Å². The Hall–Kier alpha value is -2.76. The van der Waals surface area contributed by atoms with Crippen molar-refractivity contribution in [3.05, 3.63) is 36.4 Å². The van der Waals surface area contributed by atoms with Gasteiger partial charge in [-0.3, -0.25) is 0 Å². The molecule has 3 aromatic rings. The van der Waals surface area contributed by atoms with Gasteiger partial charge in [-0.25, -0.2) is 4.63 Å². The number of hydrogen-bond acceptors (Lipinski definition) is 6. The first-order valence-corrected chi connectivity index (χ1v) is 6.68. The Bertz CT molecular complexity index is 750. The lowest BCUT2D eigenvalue weighted by atomic mass is 10.2. The third kappa shape index (κ3) is 2.74. The normalized spacial score (nSPS) is 11.0. The summed E-state index contributed by atoms with van der Waals surface area (Å²) in [6.07, 6.45) is 0.154. The predicted molar refractivity (Wildman–Crippen MR) is 81.7 cm³/mol. The molecule has 0 fully saturated rings. The van der Waals surface area contributed by atoms with Crippen LogP contribution in [0.1, 0.15) is 13.8 Å². The van der Waals surface area contributed by atoms with Crippen LogP contribution in [-0.4, -0.2) is 16.4 Å². The molecular weight excluding hydrogens is 268 g/mol. The topological polar surface area (TPSA) is 86.2 Å². The molecule has 6 heteroatoms. The van der Waals surface area contributed by atoms with E-state index in [1.807, 2.05) is 44.2 Å². The predicted octanol–water partition coefficient (Wildman–Crippen LogP) is 3.34. The maximum atomic E-state index is 5.82. The number of hydrogen-bond donors (Lipinski definition) is 2. The van der Waals surface area contributed by atoms with Gasteiger partial charge in [-0.1, -0.05) is 0 Å². The molecule has 6 nitrogen and oxygen atoms in total. The quantitative estimate of drug-likeness (QED) is 0.715. The molecule has 0 spiro atoms. The zero-order valence-corrected chi connectivity index (χ0v) is 11.8. The Labute approximate surface area is 121 Å². The average Bonchev–Trinajstić information content (AvgIpc) is 2.94. The highest BCUT2D eigenvalue weighted by molar-refractivity contribution is 5.96. The molecule has 0 aliphatic carbocycles. The van der Waals surface area contributed by atoms with E-state index in [4.69, 9.17) is 15.1 Å². The van der Waals surface area contributed by atoms with Crippen LogP contribution >= 0.6 is 0 Å². The van der Waals surface area contributed by atoms with Gasteiger partial charge in [-0.05, 0) is 60.6 Å². The molecule has 0 aliphatic rings. The van der Waals surface area contributed by atoms with Gasteiger partial charge < -0.3 is 15.8 Å². The Kier molecular flexibility index (Phi) is 3.35. The molecule has 21 heavy (non-hydrogen) atoms. The first kappa shape index (κ1) is 13.2. The van der Waals surface area contributed by atoms with Crippen LogP contribution < -0.4 is 15.8 Å². The van der Waals surface area contributed by atoms with E-state index in [1.165, 1.54) is 0 Å². The molecule has 0 bridgehead atoms. The van der Waals surface area contributed by atoms with Crippen molar-refractivity contribution >= 4 is 28.1 Å². The zero-order chi connectivity index (χ0) is 14.8. The van der Waals surface area contributed by atoms with Gasteiger partial charge >= 0.3 is 0 Å². The first-order valence-electron chi connectivity index (χ1n) is 6.68. The van der Waals surface area contributed by atoms with Gasteiger partial charge in [-0.2, -0.15) is 0 Å². The van der Waals surface area contributed by atoms with Crippen molar-refractivity contribution in [2.75, 3.05) is 11.1 Å². The van der Waals surface area contributed by atoms with Crippen LogP contribution in [0.4, 0.5) is 17.1 Å². The number of aromatic nitrogens is 2. The van der Waals surface area contributed by atoms with Crippen LogP contribution in [-0.2, 0) is 0 Å². The Morgan fingerprint density at radius 1 is 1.05 bits per heavy atom. The summed E-state index contributed by atoms with van der Waals surface area (Å²) in [5.41, 5.74) is 9.23. The van der Waals surface area contributed by atoms with E-state index in [1.54, 1.807) is 6.07 Å². The minimum Gasteiger partial charge on any atom is -0.491 e. The second kappa shape index (κ2) is 5.32. The zero-order valence-electron chi connectivity index (χ0n) is 11.8. The molecule has 0 saturated heterocycles. The van der Waals surface area contributed by atoms with E-state index in [9.17, 15) is 0 Å². The monoisotopic (exact) mass is 284 g/mol. The summed E-state index contributed by atoms with van der Waals surface area (Å²) in [6, 6.07) is 11.3. The minimum absolute atomic E-state index is 0.154. The average molecular weight is 284 g/mol. The summed E-state index contributed by atoms with van der Waals surface area (Å²) in [6.45, 7) is 3.99. The number of nitrogens with two attached hydrogens (primary N) is 1. The molecule has 0 aliphatic heterocycles. The van der Waals surface area contributed by atoms with E-state index < -0.39 is 0 Å². The SMILES string of the molecule is CC(C)Oc1ccc(Nc2ccc(N)c3nonc23)cc1. The first-order chi connectivity index (χ1) is 10.1. The number of ether oxygens (including phenoxy) is 1. The molecule has 0 radical (unpaired) electrons. The van der Waals surface area contributed by atoms with Gasteiger partial charge in [0.05, 0.1) is 17.5 Å². The number of rotatable bonds is 4. The van der Waals surface area contributed by atoms with Crippen LogP contribution in [0.2, 0.25) is 0 Å². The molecular formula is C15H16N4O2. The molecule has 2 aromatic carbocycles. The molecule has 3 N–H and O–H groups in total. The number of fused-ring (bicyclic) bond motifs is 1. The lowest BCUT2D eigenvalue weighted by molar-refractivity contribution is 0.242. The van der Waals surface area contributed by atoms with Gasteiger partial charge in [0.25, 0.3) is 0 Å². The second-order valence-corrected chi connectivity index (χ2v) is 4.98. The van der Waals surface area contributed by atoms with E-state index in [0.29, 0.717) is 16.7 Å². The number of nitrogen functional groups attached to an aromatic ring is 1. The fourth-order valence-electron chi connectivity index (χ4n) is 2.03. The second-order valence-electron chi connectivity index (χ2n) is 4.98. The summed E-state index contributed by atoms with van der Waals surface area (Å²) in [5, 5.41) is 10.9. The van der Waals surface area contributed by atoms with Gasteiger partial charge in [0.1, 0.15) is 5.75 Å². The van der Waals surface area contributed by atoms with Gasteiger partial charge in [-0.15, -0.1) is 0 Å². The third-order valence-electron chi connectivity index (χ3n) is 2.95. The molecule has 1 heterocycles. The highest BCUT2D eigenvalue weighted by Crippen LogP contribution is 2.28. The van der Waals surface area contributed by atoms with Gasteiger partial charge in [0.15, 0.2) is 11.0 Å². The van der Waals surface area contributed by atoms with Crippen molar-refractivity contribution in [2.45, 2.75) is 20.0 Å². The summed E-state index contributed by atoms with van der Waals surface area (Å²) >= 11 is 0. The molecule has 0 saturated carbocycles. The van der Waals surface area contributed by atoms with Crippen LogP contribution in [0, 0.1) is 0 Å². The third-order valence-corrected chi connectivity index (χ3v) is 2.95. The summed E-state index contributed by atoms with van der Waals surface area (Å²) in [7, 11) is 0. The van der Waals surface area contributed by atoms with Crippen molar-refractivity contribution in [1.29, 1.82) is 0 Å². The van der Waals surface area contributed by atoms with Crippen LogP contribution in [0.3, 0.4) is 0 Å². The summed E-state index contributed by atoms with van der Waals surface area (Å²) < 4.78 is 10.4. The maximum absolute atomic E-state index is 5.82. The summed E-state index contributed by atoms with van der Waals surface area (Å²) in [5.74, 6) is 0.834. The highest BCUT2D eigenvalue weighted by Gasteiger charge is 2.10. The lowest BCUT2D eigenvalue weighted by Gasteiger charge is -2.11. The van der Waals surface area contributed by atoms with Gasteiger partial charge in [0.2, 0.25) is 0 Å². The number of anilines is 3. The largest absolute Gasteiger partial charge is 0.491 e. The number of nitrogens with one attached hydrogen (secondary N) is 1. The highest BCUT2D eigenvalue weighted by atomic mass is 16.6. The summed E-state index contributed by atoms with van der Waals surface area (Å²) in [4.78, 5) is 0. The molecule has 1 aromatic heterocycles. The van der Waals surface area contributed by atoms with Crippen molar-refractivity contribution < 1.29 is 9.37 Å². The Morgan fingerprint density at radius 3 is 2.48 bits per heavy atom. The van der Waals surface area contributed by atoms with E-state index in [-0.39, 0.29) is 6.10 Å². The van der Waals surface area contributed by atoms with Crippen LogP contribution in [0.25, 0.3) is 11.0 Å². The van der Waals surface area contributed by atoms with Gasteiger partial charge in [0, 0.05) is 5.69 Å². The van der Waals surface area contributed by atoms with E-state index in [0.717, 1.165) is 17.1 Å². The molecule has 0 unspecified atom stereocenters. The fourth-order valence-corrected chi connectivity index (χ4v) is 2.03. The van der Waals surface area contributed by atoms with Crippen molar-refractivity contribution in [3.63, 3.8) is 0 Å². The van der Waals surface area contributed by atoms with Crippen molar-refractivity contribution in [2.24, 2.45) is 0 Å². The lowest BCUT2D eigenvalue weighted by Crippen LogP contribution is -2.05. The standard InChI is InChI=1S/C15H16N4O2/c1-9(2)20-11-5-3-10(4-6-11)17-13-8-7-12(16)14-15(13)19-21-18-14/h3-9,17H,16H2,1-2H3. The minimum atomic E-state index is 0.154. The molecule has 3 rings (SSSR count). The van der Waals surface area contributed by atoms with Crippen molar-refractivity contribution in [3.8, 4) is 5.75 Å². The van der Waals surface area contributed by atoms with E-state index in [2.05, 4.69) is 15.6 Å². The number of nitrogens with zero attached hydrogens (tertiary/aromatic N) is 2. The smallest absolute Gasteiger partial charge is 0.160 e.